The van der Waals surface area contributed by atoms with Crippen molar-refractivity contribution in [2.75, 3.05) is 0 Å². The van der Waals surface area contributed by atoms with E-state index in [1.54, 1.807) is 6.92 Å². The van der Waals surface area contributed by atoms with Crippen molar-refractivity contribution in [2.24, 2.45) is 11.3 Å². The monoisotopic (exact) mass is 258 g/mol. The SMILES string of the molecule is CC(=O)CC(C)(C)C.CCC(C)C.CCCCC. The molecular formula is C17H38O. The van der Waals surface area contributed by atoms with E-state index in [9.17, 15) is 4.79 Å². The fourth-order valence-corrected chi connectivity index (χ4v) is 1.10. The van der Waals surface area contributed by atoms with E-state index in [1.165, 1.54) is 25.7 Å². The fraction of sp³-hybridized carbons (Fsp3) is 0.941. The molecule has 0 aromatic carbocycles. The molecule has 0 aromatic rings. The summed E-state index contributed by atoms with van der Waals surface area (Å²) < 4.78 is 0. The third kappa shape index (κ3) is 44.9. The topological polar surface area (TPSA) is 17.1 Å². The van der Waals surface area contributed by atoms with Crippen LogP contribution in [0.4, 0.5) is 0 Å². The molecule has 0 saturated carbocycles. The van der Waals surface area contributed by atoms with Gasteiger partial charge in [-0.25, -0.2) is 0 Å². The molecule has 0 aliphatic carbocycles. The summed E-state index contributed by atoms with van der Waals surface area (Å²) in [5.41, 5.74) is 0.172. The van der Waals surface area contributed by atoms with Gasteiger partial charge in [0.15, 0.2) is 0 Å². The van der Waals surface area contributed by atoms with Crippen LogP contribution in [-0.4, -0.2) is 5.78 Å². The Morgan fingerprint density at radius 3 is 1.33 bits per heavy atom. The summed E-state index contributed by atoms with van der Waals surface area (Å²) in [6.45, 7) is 18.9. The maximum Gasteiger partial charge on any atom is 0.130 e. The average Bonchev–Trinajstić information content (AvgIpc) is 2.16. The van der Waals surface area contributed by atoms with Crippen LogP contribution in [0.5, 0.6) is 0 Å². The maximum atomic E-state index is 10.5. The second kappa shape index (κ2) is 14.7. The third-order valence-corrected chi connectivity index (χ3v) is 2.30. The van der Waals surface area contributed by atoms with Crippen LogP contribution < -0.4 is 0 Å². The Labute approximate surface area is 117 Å². The lowest BCUT2D eigenvalue weighted by Gasteiger charge is -2.14. The summed E-state index contributed by atoms with van der Waals surface area (Å²) in [7, 11) is 0. The van der Waals surface area contributed by atoms with E-state index in [4.69, 9.17) is 0 Å². The zero-order valence-corrected chi connectivity index (χ0v) is 14.5. The summed E-state index contributed by atoms with van der Waals surface area (Å²) in [6.07, 6.45) is 6.07. The smallest absolute Gasteiger partial charge is 0.130 e. The molecule has 18 heavy (non-hydrogen) atoms. The number of Topliss-reactive ketones (excluding diaryl/α,β-unsaturated/α-hetero) is 1. The Bertz CT molecular complexity index is 161. The van der Waals surface area contributed by atoms with Crippen molar-refractivity contribution in [1.82, 2.24) is 0 Å². The van der Waals surface area contributed by atoms with E-state index in [2.05, 4.69) is 55.4 Å². The van der Waals surface area contributed by atoms with E-state index >= 15 is 0 Å². The molecule has 112 valence electrons. The van der Waals surface area contributed by atoms with Gasteiger partial charge in [-0.05, 0) is 18.3 Å². The van der Waals surface area contributed by atoms with Crippen molar-refractivity contribution in [3.05, 3.63) is 0 Å². The highest BCUT2D eigenvalue weighted by Crippen LogP contribution is 2.17. The molecule has 0 amide bonds. The Morgan fingerprint density at radius 2 is 1.33 bits per heavy atom. The standard InChI is InChI=1S/C7H14O.2C5H12/c1-6(8)5-7(2,3)4;1-4-5(2)3;1-3-5-4-2/h5H2,1-4H3;5H,4H2,1-3H3;3-5H2,1-2H3. The Hall–Kier alpha value is -0.330. The molecule has 0 N–H and O–H groups in total. The molecule has 0 fully saturated rings. The molecule has 0 aromatic heterocycles. The van der Waals surface area contributed by atoms with Crippen molar-refractivity contribution in [3.63, 3.8) is 0 Å². The summed E-state index contributed by atoms with van der Waals surface area (Å²) in [5.74, 6) is 1.16. The van der Waals surface area contributed by atoms with Crippen LogP contribution >= 0.6 is 0 Å². The van der Waals surface area contributed by atoms with Crippen molar-refractivity contribution >= 4 is 5.78 Å². The highest BCUT2D eigenvalue weighted by molar-refractivity contribution is 5.76. The van der Waals surface area contributed by atoms with Gasteiger partial charge in [0, 0.05) is 6.42 Å². The normalized spacial score (nSPS) is 10.1. The van der Waals surface area contributed by atoms with Gasteiger partial charge in [-0.2, -0.15) is 0 Å². The van der Waals surface area contributed by atoms with Gasteiger partial charge in [0.1, 0.15) is 5.78 Å². The maximum absolute atomic E-state index is 10.5. The molecule has 0 spiro atoms. The van der Waals surface area contributed by atoms with Crippen molar-refractivity contribution in [3.8, 4) is 0 Å². The fourth-order valence-electron chi connectivity index (χ4n) is 1.10. The van der Waals surface area contributed by atoms with E-state index in [0.717, 1.165) is 5.92 Å². The van der Waals surface area contributed by atoms with Crippen molar-refractivity contribution in [1.29, 1.82) is 0 Å². The van der Waals surface area contributed by atoms with Gasteiger partial charge in [0.2, 0.25) is 0 Å². The van der Waals surface area contributed by atoms with Crippen LogP contribution in [0.3, 0.4) is 0 Å². The number of hydrogen-bond donors (Lipinski definition) is 0. The third-order valence-electron chi connectivity index (χ3n) is 2.30. The Kier molecular flexibility index (Phi) is 18.7. The molecule has 1 heteroatoms. The quantitative estimate of drug-likeness (QED) is 0.581. The highest BCUT2D eigenvalue weighted by Gasteiger charge is 2.11. The van der Waals surface area contributed by atoms with Gasteiger partial charge >= 0.3 is 0 Å². The second-order valence-electron chi connectivity index (χ2n) is 6.60. The zero-order chi connectivity index (χ0) is 15.2. The molecule has 0 saturated heterocycles. The van der Waals surface area contributed by atoms with Crippen molar-refractivity contribution < 1.29 is 4.79 Å². The molecule has 0 radical (unpaired) electrons. The largest absolute Gasteiger partial charge is 0.300 e. The number of carbonyl (C=O) groups is 1. The van der Waals surface area contributed by atoms with E-state index in [0.29, 0.717) is 6.42 Å². The summed E-state index contributed by atoms with van der Waals surface area (Å²) in [6, 6.07) is 0. The number of unbranched alkanes of at least 4 members (excludes halogenated alkanes) is 2. The molecule has 0 heterocycles. The lowest BCUT2D eigenvalue weighted by Crippen LogP contribution is -2.09. The number of hydrogen-bond acceptors (Lipinski definition) is 1. The Balaban J connectivity index is -0.000000197. The summed E-state index contributed by atoms with van der Waals surface area (Å²) in [5, 5.41) is 0. The molecular weight excluding hydrogens is 220 g/mol. The van der Waals surface area contributed by atoms with Gasteiger partial charge in [-0.3, -0.25) is 0 Å². The predicted molar refractivity (Wildman–Crippen MR) is 85.1 cm³/mol. The first kappa shape index (κ1) is 22.8. The number of rotatable bonds is 4. The lowest BCUT2D eigenvalue weighted by molar-refractivity contribution is -0.118. The van der Waals surface area contributed by atoms with Crippen LogP contribution in [0.25, 0.3) is 0 Å². The summed E-state index contributed by atoms with van der Waals surface area (Å²) in [4.78, 5) is 10.5. The molecule has 0 unspecified atom stereocenters. The Morgan fingerprint density at radius 1 is 1.00 bits per heavy atom. The van der Waals surface area contributed by atoms with E-state index in [1.807, 2.05) is 0 Å². The summed E-state index contributed by atoms with van der Waals surface area (Å²) >= 11 is 0. The first-order valence-corrected chi connectivity index (χ1v) is 7.60. The minimum absolute atomic E-state index is 0.172. The molecule has 0 aliphatic heterocycles. The number of ketones is 1. The van der Waals surface area contributed by atoms with Crippen LogP contribution in [0.15, 0.2) is 0 Å². The predicted octanol–water partition coefficient (Wildman–Crippen LogP) is 6.26. The average molecular weight is 258 g/mol. The van der Waals surface area contributed by atoms with Crippen LogP contribution in [0.2, 0.25) is 0 Å². The van der Waals surface area contributed by atoms with Gasteiger partial charge in [0.25, 0.3) is 0 Å². The molecule has 0 rings (SSSR count). The van der Waals surface area contributed by atoms with Gasteiger partial charge in [-0.15, -0.1) is 0 Å². The minimum atomic E-state index is 0.172. The van der Waals surface area contributed by atoms with E-state index in [-0.39, 0.29) is 11.2 Å². The minimum Gasteiger partial charge on any atom is -0.300 e. The second-order valence-corrected chi connectivity index (χ2v) is 6.60. The van der Waals surface area contributed by atoms with Gasteiger partial charge < -0.3 is 4.79 Å². The van der Waals surface area contributed by atoms with Crippen molar-refractivity contribution in [2.45, 2.75) is 94.4 Å². The van der Waals surface area contributed by atoms with Gasteiger partial charge in [0.05, 0.1) is 0 Å². The molecule has 0 aliphatic rings. The van der Waals surface area contributed by atoms with E-state index < -0.39 is 0 Å². The molecule has 0 atom stereocenters. The molecule has 0 bridgehead atoms. The highest BCUT2D eigenvalue weighted by atomic mass is 16.1. The van der Waals surface area contributed by atoms with Crippen LogP contribution in [-0.2, 0) is 4.79 Å². The number of carbonyl (C=O) groups excluding carboxylic acids is 1. The first-order chi connectivity index (χ1) is 8.10. The van der Waals surface area contributed by atoms with Gasteiger partial charge in [-0.1, -0.05) is 81.1 Å². The zero-order valence-electron chi connectivity index (χ0n) is 14.5. The van der Waals surface area contributed by atoms with Crippen LogP contribution in [0.1, 0.15) is 94.4 Å². The first-order valence-electron chi connectivity index (χ1n) is 7.60. The van der Waals surface area contributed by atoms with Crippen LogP contribution in [0, 0.1) is 11.3 Å². The molecule has 1 nitrogen and oxygen atoms in total. The lowest BCUT2D eigenvalue weighted by atomic mass is 9.91.